The van der Waals surface area contributed by atoms with Crippen LogP contribution in [-0.2, 0) is 0 Å². The van der Waals surface area contributed by atoms with Crippen LogP contribution in [-0.4, -0.2) is 28.6 Å². The summed E-state index contributed by atoms with van der Waals surface area (Å²) in [5.41, 5.74) is -0.0688. The molecule has 8 heteroatoms. The molecule has 0 fully saturated rings. The highest BCUT2D eigenvalue weighted by molar-refractivity contribution is 5.55. The summed E-state index contributed by atoms with van der Waals surface area (Å²) in [5.74, 6) is -1.63. The number of nitrogens with zero attached hydrogens (tertiary/aromatic N) is 3. The predicted octanol–water partition coefficient (Wildman–Crippen LogP) is 2.33. The molecule has 1 heterocycles. The molecule has 0 aliphatic rings. The van der Waals surface area contributed by atoms with Gasteiger partial charge in [0.2, 0.25) is 11.9 Å². The predicted molar refractivity (Wildman–Crippen MR) is 70.2 cm³/mol. The van der Waals surface area contributed by atoms with Gasteiger partial charge in [0.1, 0.15) is 0 Å². The first-order valence-electron chi connectivity index (χ1n) is 5.89. The lowest BCUT2D eigenvalue weighted by molar-refractivity contribution is 0.379. The van der Waals surface area contributed by atoms with E-state index in [1.807, 2.05) is 6.92 Å². The Hall–Kier alpha value is -2.51. The zero-order valence-electron chi connectivity index (χ0n) is 10.9. The summed E-state index contributed by atoms with van der Waals surface area (Å²) in [5, 5.41) is 5.47. The van der Waals surface area contributed by atoms with E-state index in [1.54, 1.807) is 0 Å². The molecule has 2 aromatic rings. The van der Waals surface area contributed by atoms with Gasteiger partial charge in [0.25, 0.3) is 0 Å². The van der Waals surface area contributed by atoms with Gasteiger partial charge in [0.05, 0.1) is 12.8 Å². The highest BCUT2D eigenvalue weighted by Gasteiger charge is 2.11. The molecule has 106 valence electrons. The van der Waals surface area contributed by atoms with E-state index in [0.29, 0.717) is 6.54 Å². The lowest BCUT2D eigenvalue weighted by Gasteiger charge is -2.09. The zero-order valence-corrected chi connectivity index (χ0v) is 10.9. The number of halogens is 2. The second-order valence-corrected chi connectivity index (χ2v) is 3.73. The first kappa shape index (κ1) is 13.9. The molecule has 6 nitrogen and oxygen atoms in total. The van der Waals surface area contributed by atoms with E-state index >= 15 is 0 Å². The third-order valence-electron chi connectivity index (χ3n) is 2.33. The Kier molecular flexibility index (Phi) is 4.24. The molecule has 2 N–H and O–H groups in total. The molecule has 0 saturated heterocycles. The number of hydrogen-bond donors (Lipinski definition) is 2. The van der Waals surface area contributed by atoms with Gasteiger partial charge in [-0.25, -0.2) is 8.78 Å². The average molecular weight is 281 g/mol. The van der Waals surface area contributed by atoms with Gasteiger partial charge in [0.15, 0.2) is 11.6 Å². The maximum absolute atomic E-state index is 13.6. The number of methoxy groups -OCH3 is 1. The van der Waals surface area contributed by atoms with Crippen molar-refractivity contribution < 1.29 is 13.5 Å². The van der Waals surface area contributed by atoms with Crippen molar-refractivity contribution in [3.05, 3.63) is 29.8 Å². The van der Waals surface area contributed by atoms with Crippen molar-refractivity contribution in [2.24, 2.45) is 0 Å². The van der Waals surface area contributed by atoms with Gasteiger partial charge in [-0.3, -0.25) is 0 Å². The Morgan fingerprint density at radius 3 is 2.60 bits per heavy atom. The van der Waals surface area contributed by atoms with Gasteiger partial charge < -0.3 is 15.4 Å². The van der Waals surface area contributed by atoms with Crippen molar-refractivity contribution >= 4 is 17.6 Å². The zero-order chi connectivity index (χ0) is 14.5. The van der Waals surface area contributed by atoms with Crippen LogP contribution in [0.25, 0.3) is 0 Å². The van der Waals surface area contributed by atoms with E-state index in [9.17, 15) is 8.78 Å². The van der Waals surface area contributed by atoms with Crippen LogP contribution < -0.4 is 15.4 Å². The van der Waals surface area contributed by atoms with Crippen LogP contribution in [0.15, 0.2) is 18.2 Å². The van der Waals surface area contributed by atoms with Gasteiger partial charge in [0, 0.05) is 6.54 Å². The van der Waals surface area contributed by atoms with Gasteiger partial charge in [-0.1, -0.05) is 6.07 Å². The quantitative estimate of drug-likeness (QED) is 0.876. The molecule has 0 bridgehead atoms. The summed E-state index contributed by atoms with van der Waals surface area (Å²) in [6, 6.07) is 3.85. The Morgan fingerprint density at radius 1 is 1.15 bits per heavy atom. The van der Waals surface area contributed by atoms with Crippen LogP contribution in [0.4, 0.5) is 26.4 Å². The number of rotatable bonds is 5. The fourth-order valence-electron chi connectivity index (χ4n) is 1.46. The van der Waals surface area contributed by atoms with Crippen LogP contribution in [0, 0.1) is 11.6 Å². The Balaban J connectivity index is 2.32. The molecule has 0 aliphatic carbocycles. The van der Waals surface area contributed by atoms with Crippen LogP contribution in [0.5, 0.6) is 6.01 Å². The first-order chi connectivity index (χ1) is 9.63. The summed E-state index contributed by atoms with van der Waals surface area (Å²) >= 11 is 0. The van der Waals surface area contributed by atoms with E-state index in [1.165, 1.54) is 19.2 Å². The maximum atomic E-state index is 13.6. The average Bonchev–Trinajstić information content (AvgIpc) is 2.44. The monoisotopic (exact) mass is 281 g/mol. The molecule has 20 heavy (non-hydrogen) atoms. The molecule has 0 unspecified atom stereocenters. The topological polar surface area (TPSA) is 72.0 Å². The number of benzene rings is 1. The summed E-state index contributed by atoms with van der Waals surface area (Å²) in [6.45, 7) is 2.47. The number of anilines is 3. The molecular formula is C12H13F2N5O. The Bertz CT molecular complexity index is 608. The normalized spacial score (nSPS) is 10.2. The maximum Gasteiger partial charge on any atom is 0.322 e. The SMILES string of the molecule is CCNc1nc(Nc2cccc(F)c2F)nc(OC)n1. The van der Waals surface area contributed by atoms with Crippen molar-refractivity contribution in [3.63, 3.8) is 0 Å². The van der Waals surface area contributed by atoms with Gasteiger partial charge in [-0.15, -0.1) is 0 Å². The van der Waals surface area contributed by atoms with E-state index in [0.717, 1.165) is 6.07 Å². The van der Waals surface area contributed by atoms with Crippen molar-refractivity contribution in [3.8, 4) is 6.01 Å². The summed E-state index contributed by atoms with van der Waals surface area (Å²) < 4.78 is 31.6. The number of hydrogen-bond acceptors (Lipinski definition) is 6. The lowest BCUT2D eigenvalue weighted by Crippen LogP contribution is -2.08. The first-order valence-corrected chi connectivity index (χ1v) is 5.89. The number of aromatic nitrogens is 3. The molecule has 2 rings (SSSR count). The van der Waals surface area contributed by atoms with Crippen LogP contribution >= 0.6 is 0 Å². The minimum absolute atomic E-state index is 0.0531. The minimum Gasteiger partial charge on any atom is -0.467 e. The third kappa shape index (κ3) is 3.08. The molecule has 0 spiro atoms. The molecular weight excluding hydrogens is 268 g/mol. The van der Waals surface area contributed by atoms with Crippen molar-refractivity contribution in [2.45, 2.75) is 6.92 Å². The second kappa shape index (κ2) is 6.09. The standard InChI is InChI=1S/C12H13F2N5O/c1-3-15-10-17-11(19-12(18-10)20-2)16-8-6-4-5-7(13)9(8)14/h4-6H,3H2,1-2H3,(H2,15,16,17,18,19). The summed E-state index contributed by atoms with van der Waals surface area (Å²) in [6.07, 6.45) is 0. The smallest absolute Gasteiger partial charge is 0.322 e. The number of ether oxygens (including phenoxy) is 1. The molecule has 0 saturated carbocycles. The molecule has 1 aromatic carbocycles. The van der Waals surface area contributed by atoms with Crippen LogP contribution in [0.3, 0.4) is 0 Å². The lowest BCUT2D eigenvalue weighted by atomic mass is 10.3. The second-order valence-electron chi connectivity index (χ2n) is 3.73. The van der Waals surface area contributed by atoms with Gasteiger partial charge >= 0.3 is 6.01 Å². The number of nitrogens with one attached hydrogen (secondary N) is 2. The van der Waals surface area contributed by atoms with Crippen molar-refractivity contribution in [1.82, 2.24) is 15.0 Å². The fourth-order valence-corrected chi connectivity index (χ4v) is 1.46. The summed E-state index contributed by atoms with van der Waals surface area (Å²) in [7, 11) is 1.40. The largest absolute Gasteiger partial charge is 0.467 e. The van der Waals surface area contributed by atoms with E-state index in [4.69, 9.17) is 4.74 Å². The van der Waals surface area contributed by atoms with Gasteiger partial charge in [-0.2, -0.15) is 15.0 Å². The molecule has 0 aliphatic heterocycles. The van der Waals surface area contributed by atoms with Gasteiger partial charge in [-0.05, 0) is 19.1 Å². The molecule has 0 amide bonds. The van der Waals surface area contributed by atoms with Crippen molar-refractivity contribution in [1.29, 1.82) is 0 Å². The fraction of sp³-hybridized carbons (Fsp3) is 0.250. The van der Waals surface area contributed by atoms with Crippen molar-refractivity contribution in [2.75, 3.05) is 24.3 Å². The summed E-state index contributed by atoms with van der Waals surface area (Å²) in [4.78, 5) is 11.9. The third-order valence-corrected chi connectivity index (χ3v) is 2.33. The highest BCUT2D eigenvalue weighted by Crippen LogP contribution is 2.21. The highest BCUT2D eigenvalue weighted by atomic mass is 19.2. The van der Waals surface area contributed by atoms with E-state index in [-0.39, 0.29) is 23.6 Å². The Morgan fingerprint density at radius 2 is 1.90 bits per heavy atom. The minimum atomic E-state index is -1.00. The van der Waals surface area contributed by atoms with Crippen LogP contribution in [0.2, 0.25) is 0 Å². The van der Waals surface area contributed by atoms with E-state index in [2.05, 4.69) is 25.6 Å². The van der Waals surface area contributed by atoms with Crippen LogP contribution in [0.1, 0.15) is 6.92 Å². The van der Waals surface area contributed by atoms with E-state index < -0.39 is 11.6 Å². The molecule has 0 radical (unpaired) electrons. The Labute approximate surface area is 114 Å². The molecule has 1 aromatic heterocycles. The molecule has 0 atom stereocenters.